The fraction of sp³-hybridized carbons (Fsp3) is 0.571. The first-order valence-corrected chi connectivity index (χ1v) is 4.26. The summed E-state index contributed by atoms with van der Waals surface area (Å²) >= 11 is 1.54. The van der Waals surface area contributed by atoms with Crippen LogP contribution in [0.5, 0.6) is 0 Å². The maximum atomic E-state index is 8.90. The Morgan fingerprint density at radius 3 is 2.82 bits per heavy atom. The molecule has 3 nitrogen and oxygen atoms in total. The number of hydrogen-bond donors (Lipinski definition) is 2. The molecule has 1 heterocycles. The van der Waals surface area contributed by atoms with E-state index in [1.54, 1.807) is 18.3 Å². The summed E-state index contributed by atoms with van der Waals surface area (Å²) in [4.78, 5) is 4.19. The number of hydrogen-bond acceptors (Lipinski definition) is 4. The molecule has 0 bridgehead atoms. The van der Waals surface area contributed by atoms with Gasteiger partial charge in [-0.05, 0) is 13.8 Å². The number of aliphatic hydroxyl groups excluding tert-OH is 1. The van der Waals surface area contributed by atoms with Gasteiger partial charge in [0, 0.05) is 5.38 Å². The molecule has 0 saturated carbocycles. The molecule has 62 valence electrons. The monoisotopic (exact) mass is 172 g/mol. The summed E-state index contributed by atoms with van der Waals surface area (Å²) in [5, 5.41) is 11.8. The van der Waals surface area contributed by atoms with E-state index in [0.717, 1.165) is 10.7 Å². The highest BCUT2D eigenvalue weighted by Gasteiger charge is 2.22. The van der Waals surface area contributed by atoms with Crippen LogP contribution in [0, 0.1) is 6.92 Å². The molecule has 1 atom stereocenters. The van der Waals surface area contributed by atoms with E-state index in [0.29, 0.717) is 0 Å². The zero-order chi connectivity index (χ0) is 8.48. The fourth-order valence-corrected chi connectivity index (χ4v) is 1.46. The van der Waals surface area contributed by atoms with E-state index in [4.69, 9.17) is 10.8 Å². The van der Waals surface area contributed by atoms with Crippen molar-refractivity contribution in [3.63, 3.8) is 0 Å². The lowest BCUT2D eigenvalue weighted by atomic mass is 10.0. The van der Waals surface area contributed by atoms with Gasteiger partial charge in [-0.1, -0.05) is 0 Å². The molecule has 0 aromatic carbocycles. The predicted octanol–water partition coefficient (Wildman–Crippen LogP) is 0.618. The van der Waals surface area contributed by atoms with Crippen molar-refractivity contribution < 1.29 is 5.11 Å². The third kappa shape index (κ3) is 1.77. The summed E-state index contributed by atoms with van der Waals surface area (Å²) in [6.45, 7) is 3.61. The van der Waals surface area contributed by atoms with Gasteiger partial charge in [0.1, 0.15) is 0 Å². The van der Waals surface area contributed by atoms with Gasteiger partial charge in [0.15, 0.2) is 0 Å². The molecule has 0 spiro atoms. The quantitative estimate of drug-likeness (QED) is 0.687. The first-order valence-electron chi connectivity index (χ1n) is 3.38. The van der Waals surface area contributed by atoms with E-state index in [1.165, 1.54) is 0 Å². The van der Waals surface area contributed by atoms with Crippen LogP contribution in [0.2, 0.25) is 0 Å². The number of nitrogens with zero attached hydrogens (tertiary/aromatic N) is 1. The van der Waals surface area contributed by atoms with Gasteiger partial charge < -0.3 is 10.8 Å². The van der Waals surface area contributed by atoms with E-state index in [9.17, 15) is 0 Å². The van der Waals surface area contributed by atoms with Gasteiger partial charge in [-0.25, -0.2) is 4.98 Å². The van der Waals surface area contributed by atoms with Gasteiger partial charge in [-0.3, -0.25) is 0 Å². The molecule has 0 fully saturated rings. The Morgan fingerprint density at radius 1 is 1.82 bits per heavy atom. The SMILES string of the molecule is Cc1nc([C@@](C)(N)CO)cs1. The summed E-state index contributed by atoms with van der Waals surface area (Å²) in [6.07, 6.45) is 0. The number of aromatic nitrogens is 1. The van der Waals surface area contributed by atoms with Crippen molar-refractivity contribution in [3.8, 4) is 0 Å². The summed E-state index contributed by atoms with van der Waals surface area (Å²) < 4.78 is 0. The average Bonchev–Trinajstić information content (AvgIpc) is 2.36. The maximum absolute atomic E-state index is 8.90. The van der Waals surface area contributed by atoms with E-state index in [1.807, 2.05) is 12.3 Å². The topological polar surface area (TPSA) is 59.1 Å². The number of aliphatic hydroxyl groups is 1. The van der Waals surface area contributed by atoms with Crippen molar-refractivity contribution in [1.82, 2.24) is 4.98 Å². The second-order valence-corrected chi connectivity index (χ2v) is 3.89. The highest BCUT2D eigenvalue weighted by atomic mass is 32.1. The molecule has 0 radical (unpaired) electrons. The summed E-state index contributed by atoms with van der Waals surface area (Å²) in [7, 11) is 0. The third-order valence-corrected chi connectivity index (χ3v) is 2.31. The predicted molar refractivity (Wildman–Crippen MR) is 45.5 cm³/mol. The van der Waals surface area contributed by atoms with Crippen molar-refractivity contribution in [2.75, 3.05) is 6.61 Å². The molecular formula is C7H12N2OS. The largest absolute Gasteiger partial charge is 0.394 e. The number of rotatable bonds is 2. The van der Waals surface area contributed by atoms with Crippen molar-refractivity contribution >= 4 is 11.3 Å². The zero-order valence-electron chi connectivity index (χ0n) is 6.66. The van der Waals surface area contributed by atoms with E-state index < -0.39 is 5.54 Å². The number of aryl methyl sites for hydroxylation is 1. The lowest BCUT2D eigenvalue weighted by molar-refractivity contribution is 0.207. The summed E-state index contributed by atoms with van der Waals surface area (Å²) in [5.74, 6) is 0. The van der Waals surface area contributed by atoms with Crippen molar-refractivity contribution in [2.24, 2.45) is 5.73 Å². The lowest BCUT2D eigenvalue weighted by Crippen LogP contribution is -2.37. The number of thiazole rings is 1. The van der Waals surface area contributed by atoms with Gasteiger partial charge in [0.2, 0.25) is 0 Å². The first-order chi connectivity index (χ1) is 5.06. The molecular weight excluding hydrogens is 160 g/mol. The van der Waals surface area contributed by atoms with Gasteiger partial charge in [0.05, 0.1) is 22.8 Å². The van der Waals surface area contributed by atoms with E-state index in [-0.39, 0.29) is 6.61 Å². The fourth-order valence-electron chi connectivity index (χ4n) is 0.707. The van der Waals surface area contributed by atoms with Crippen LogP contribution >= 0.6 is 11.3 Å². The first kappa shape index (κ1) is 8.64. The Bertz CT molecular complexity index is 244. The number of nitrogens with two attached hydrogens (primary N) is 1. The van der Waals surface area contributed by atoms with Crippen LogP contribution in [0.1, 0.15) is 17.6 Å². The second kappa shape index (κ2) is 2.89. The average molecular weight is 172 g/mol. The molecule has 0 saturated heterocycles. The lowest BCUT2D eigenvalue weighted by Gasteiger charge is -2.18. The van der Waals surface area contributed by atoms with Crippen LogP contribution in [-0.4, -0.2) is 16.7 Å². The Hall–Kier alpha value is -0.450. The standard InChI is InChI=1S/C7H12N2OS/c1-5-9-6(3-11-5)7(2,8)4-10/h3,10H,4,8H2,1-2H3/t7-/m0/s1. The van der Waals surface area contributed by atoms with Crippen LogP contribution in [0.25, 0.3) is 0 Å². The zero-order valence-corrected chi connectivity index (χ0v) is 7.48. The summed E-state index contributed by atoms with van der Waals surface area (Å²) in [6, 6.07) is 0. The Kier molecular flexibility index (Phi) is 2.27. The Labute approximate surface area is 69.9 Å². The third-order valence-electron chi connectivity index (χ3n) is 1.53. The Balaban J connectivity index is 2.92. The molecule has 0 aliphatic carbocycles. The molecule has 0 unspecified atom stereocenters. The van der Waals surface area contributed by atoms with Crippen molar-refractivity contribution in [3.05, 3.63) is 16.1 Å². The Morgan fingerprint density at radius 2 is 2.45 bits per heavy atom. The van der Waals surface area contributed by atoms with Crippen LogP contribution in [0.3, 0.4) is 0 Å². The molecule has 11 heavy (non-hydrogen) atoms. The van der Waals surface area contributed by atoms with Crippen molar-refractivity contribution in [1.29, 1.82) is 0 Å². The van der Waals surface area contributed by atoms with E-state index >= 15 is 0 Å². The minimum atomic E-state index is -0.690. The van der Waals surface area contributed by atoms with E-state index in [2.05, 4.69) is 4.98 Å². The maximum Gasteiger partial charge on any atom is 0.0898 e. The molecule has 0 aliphatic heterocycles. The minimum Gasteiger partial charge on any atom is -0.394 e. The molecule has 1 aromatic rings. The molecule has 4 heteroatoms. The van der Waals surface area contributed by atoms with Crippen LogP contribution in [-0.2, 0) is 5.54 Å². The van der Waals surface area contributed by atoms with Crippen LogP contribution in [0.15, 0.2) is 5.38 Å². The molecule has 3 N–H and O–H groups in total. The molecule has 1 rings (SSSR count). The molecule has 0 aliphatic rings. The normalized spacial score (nSPS) is 16.4. The van der Waals surface area contributed by atoms with Crippen molar-refractivity contribution in [2.45, 2.75) is 19.4 Å². The second-order valence-electron chi connectivity index (χ2n) is 2.83. The highest BCUT2D eigenvalue weighted by molar-refractivity contribution is 7.09. The van der Waals surface area contributed by atoms with Gasteiger partial charge >= 0.3 is 0 Å². The van der Waals surface area contributed by atoms with Crippen LogP contribution < -0.4 is 5.73 Å². The van der Waals surface area contributed by atoms with Crippen LogP contribution in [0.4, 0.5) is 0 Å². The minimum absolute atomic E-state index is 0.0732. The molecule has 1 aromatic heterocycles. The van der Waals surface area contributed by atoms with Gasteiger partial charge in [-0.15, -0.1) is 11.3 Å². The summed E-state index contributed by atoms with van der Waals surface area (Å²) in [5.41, 5.74) is 5.82. The highest BCUT2D eigenvalue weighted by Crippen LogP contribution is 2.18. The molecule has 0 amide bonds. The smallest absolute Gasteiger partial charge is 0.0898 e. The van der Waals surface area contributed by atoms with Gasteiger partial charge in [0.25, 0.3) is 0 Å². The van der Waals surface area contributed by atoms with Gasteiger partial charge in [-0.2, -0.15) is 0 Å².